The highest BCUT2D eigenvalue weighted by Gasteiger charge is 2.15. The van der Waals surface area contributed by atoms with Crippen molar-refractivity contribution in [3.8, 4) is 17.5 Å². The van der Waals surface area contributed by atoms with Crippen LogP contribution in [0.3, 0.4) is 0 Å². The number of likely N-dealkylation sites (N-methyl/N-ethyl adjacent to an activating group) is 1. The molecular formula is C33H41N9O2. The summed E-state index contributed by atoms with van der Waals surface area (Å²) in [6.07, 6.45) is 4.30. The average Bonchev–Trinajstić information content (AvgIpc) is 3.33. The number of aldehydes is 1. The minimum Gasteiger partial charge on any atom is -0.382 e. The maximum absolute atomic E-state index is 13.5. The van der Waals surface area contributed by atoms with E-state index < -0.39 is 0 Å². The van der Waals surface area contributed by atoms with Gasteiger partial charge in [0.1, 0.15) is 11.4 Å². The molecule has 1 aliphatic heterocycles. The Kier molecular flexibility index (Phi) is 12.7. The molecule has 0 radical (unpaired) electrons. The van der Waals surface area contributed by atoms with Gasteiger partial charge in [-0.15, -0.1) is 0 Å². The molecule has 3 heterocycles. The SMILES string of the molecule is C=C/C=N\c1c(C=O)c(N)nn1C.CCc1nc2cccc(C#CCN3CCN(C)CC3)c2c(=O)n1-c1ccccc1.CN. The van der Waals surface area contributed by atoms with Crippen molar-refractivity contribution < 1.29 is 4.79 Å². The van der Waals surface area contributed by atoms with Crippen LogP contribution in [0.15, 0.2) is 71.0 Å². The summed E-state index contributed by atoms with van der Waals surface area (Å²) in [5.41, 5.74) is 12.5. The van der Waals surface area contributed by atoms with E-state index >= 15 is 0 Å². The molecule has 5 rings (SSSR count). The predicted octanol–water partition coefficient (Wildman–Crippen LogP) is 2.83. The van der Waals surface area contributed by atoms with Crippen LogP contribution in [0, 0.1) is 11.8 Å². The number of piperazine rings is 1. The Hall–Kier alpha value is -4.89. The smallest absolute Gasteiger partial charge is 0.267 e. The lowest BCUT2D eigenvalue weighted by atomic mass is 10.1. The van der Waals surface area contributed by atoms with Crippen molar-refractivity contribution in [2.45, 2.75) is 13.3 Å². The van der Waals surface area contributed by atoms with Crippen LogP contribution in [0.5, 0.6) is 0 Å². The van der Waals surface area contributed by atoms with Crippen LogP contribution < -0.4 is 17.0 Å². The molecule has 0 spiro atoms. The number of aryl methyl sites for hydroxylation is 2. The quantitative estimate of drug-likeness (QED) is 0.197. The lowest BCUT2D eigenvalue weighted by molar-refractivity contribution is 0.112. The molecule has 0 atom stereocenters. The Bertz CT molecular complexity index is 1700. The van der Waals surface area contributed by atoms with Crippen LogP contribution in [0.25, 0.3) is 16.6 Å². The summed E-state index contributed by atoms with van der Waals surface area (Å²) in [6.45, 7) is 10.4. The van der Waals surface area contributed by atoms with Crippen LogP contribution in [0.4, 0.5) is 11.6 Å². The van der Waals surface area contributed by atoms with Crippen molar-refractivity contribution in [3.63, 3.8) is 0 Å². The van der Waals surface area contributed by atoms with Gasteiger partial charge in [0.25, 0.3) is 5.56 Å². The van der Waals surface area contributed by atoms with Crippen LogP contribution in [0.1, 0.15) is 28.7 Å². The summed E-state index contributed by atoms with van der Waals surface area (Å²) in [5, 5.41) is 4.45. The number of rotatable bonds is 6. The molecule has 2 aromatic heterocycles. The van der Waals surface area contributed by atoms with Crippen molar-refractivity contribution in [2.75, 3.05) is 52.6 Å². The van der Waals surface area contributed by atoms with Gasteiger partial charge < -0.3 is 16.4 Å². The monoisotopic (exact) mass is 595 g/mol. The highest BCUT2D eigenvalue weighted by molar-refractivity contribution is 5.90. The van der Waals surface area contributed by atoms with Crippen LogP contribution in [-0.2, 0) is 13.5 Å². The van der Waals surface area contributed by atoms with E-state index in [1.807, 2.05) is 55.5 Å². The molecular weight excluding hydrogens is 554 g/mol. The second-order valence-corrected chi connectivity index (χ2v) is 9.82. The number of hydrogen-bond acceptors (Lipinski definition) is 9. The zero-order valence-electron chi connectivity index (χ0n) is 25.9. The molecule has 1 saturated heterocycles. The normalized spacial score (nSPS) is 13.3. The standard InChI is InChI=1S/C24H26N4O.C8H10N4O.CH5N/c1-3-22-25-21-13-7-9-19(10-8-14-27-17-15-26(2)16-18-27)23(21)24(29)28(22)20-11-5-4-6-12-20;1-3-4-10-8-6(5-13)7(9)11-12(8)2;1-2/h4-7,9,11-13H,3,14-18H2,1-2H3;3-5H,1H2,2H3,(H2,9,11);2H2,1H3/b;10-4-;. The molecule has 0 unspecified atom stereocenters. The number of fused-ring (bicyclic) bond motifs is 1. The molecule has 0 saturated carbocycles. The fourth-order valence-electron chi connectivity index (χ4n) is 4.65. The summed E-state index contributed by atoms with van der Waals surface area (Å²) in [6, 6.07) is 15.5. The molecule has 4 aromatic rings. The topological polar surface area (TPSA) is 141 Å². The predicted molar refractivity (Wildman–Crippen MR) is 179 cm³/mol. The van der Waals surface area contributed by atoms with E-state index in [1.165, 1.54) is 24.0 Å². The zero-order chi connectivity index (χ0) is 32.1. The van der Waals surface area contributed by atoms with E-state index in [0.717, 1.165) is 49.8 Å². The van der Waals surface area contributed by atoms with E-state index in [0.29, 0.717) is 35.0 Å². The Morgan fingerprint density at radius 2 is 1.75 bits per heavy atom. The Morgan fingerprint density at radius 3 is 2.39 bits per heavy atom. The summed E-state index contributed by atoms with van der Waals surface area (Å²) in [7, 11) is 5.31. The summed E-state index contributed by atoms with van der Waals surface area (Å²) in [4.78, 5) is 37.5. The largest absolute Gasteiger partial charge is 0.382 e. The fraction of sp³-hybridized carbons (Fsp3) is 0.303. The third-order valence-electron chi connectivity index (χ3n) is 6.92. The van der Waals surface area contributed by atoms with Crippen molar-refractivity contribution in [3.05, 3.63) is 88.5 Å². The Morgan fingerprint density at radius 1 is 1.05 bits per heavy atom. The lowest BCUT2D eigenvalue weighted by Crippen LogP contribution is -2.44. The molecule has 1 fully saturated rings. The van der Waals surface area contributed by atoms with Crippen LogP contribution >= 0.6 is 0 Å². The van der Waals surface area contributed by atoms with Gasteiger partial charge in [-0.1, -0.05) is 55.7 Å². The van der Waals surface area contributed by atoms with Gasteiger partial charge in [-0.05, 0) is 38.4 Å². The number of aliphatic imine (C=N–C) groups is 1. The highest BCUT2D eigenvalue weighted by atomic mass is 16.1. The van der Waals surface area contributed by atoms with Crippen molar-refractivity contribution >= 4 is 35.0 Å². The van der Waals surface area contributed by atoms with Gasteiger partial charge in [-0.2, -0.15) is 5.10 Å². The summed E-state index contributed by atoms with van der Waals surface area (Å²) < 4.78 is 3.16. The number of nitrogens with zero attached hydrogens (tertiary/aromatic N) is 7. The Balaban J connectivity index is 0.000000296. The van der Waals surface area contributed by atoms with E-state index in [-0.39, 0.29) is 11.4 Å². The second kappa shape index (κ2) is 16.7. The van der Waals surface area contributed by atoms with Gasteiger partial charge in [0, 0.05) is 51.4 Å². The minimum absolute atomic E-state index is 0.0532. The van der Waals surface area contributed by atoms with E-state index in [9.17, 15) is 9.59 Å². The first kappa shape index (κ1) is 33.6. The second-order valence-electron chi connectivity index (χ2n) is 9.82. The molecule has 44 heavy (non-hydrogen) atoms. The van der Waals surface area contributed by atoms with Gasteiger partial charge in [-0.3, -0.25) is 19.1 Å². The fourth-order valence-corrected chi connectivity index (χ4v) is 4.65. The number of para-hydroxylation sites is 1. The van der Waals surface area contributed by atoms with Crippen molar-refractivity contribution in [1.82, 2.24) is 29.1 Å². The van der Waals surface area contributed by atoms with Crippen LogP contribution in [-0.4, -0.2) is 88.5 Å². The number of hydrogen-bond donors (Lipinski definition) is 2. The third-order valence-corrected chi connectivity index (χ3v) is 6.92. The lowest BCUT2D eigenvalue weighted by Gasteiger charge is -2.30. The minimum atomic E-state index is -0.0532. The van der Waals surface area contributed by atoms with Crippen molar-refractivity contribution in [1.29, 1.82) is 0 Å². The third kappa shape index (κ3) is 8.14. The molecule has 4 N–H and O–H groups in total. The van der Waals surface area contributed by atoms with Gasteiger partial charge in [0.05, 0.1) is 23.1 Å². The first-order valence-corrected chi connectivity index (χ1v) is 14.4. The number of carbonyl (C=O) groups excluding carboxylic acids is 1. The number of nitrogen functional groups attached to an aromatic ring is 1. The van der Waals surface area contributed by atoms with E-state index in [1.54, 1.807) is 11.6 Å². The number of benzene rings is 2. The van der Waals surface area contributed by atoms with Gasteiger partial charge in [0.15, 0.2) is 17.9 Å². The van der Waals surface area contributed by atoms with E-state index in [2.05, 4.69) is 51.1 Å². The maximum Gasteiger partial charge on any atom is 0.267 e. The Labute approximate surface area is 258 Å². The molecule has 11 heteroatoms. The molecule has 2 aromatic carbocycles. The number of aromatic nitrogens is 4. The van der Waals surface area contributed by atoms with Gasteiger partial charge in [-0.25, -0.2) is 14.7 Å². The number of carbonyl (C=O) groups is 1. The first-order chi connectivity index (χ1) is 21.4. The highest BCUT2D eigenvalue weighted by Crippen LogP contribution is 2.21. The van der Waals surface area contributed by atoms with Gasteiger partial charge in [0.2, 0.25) is 0 Å². The number of allylic oxidation sites excluding steroid dienone is 1. The molecule has 0 aliphatic carbocycles. The zero-order valence-corrected chi connectivity index (χ0v) is 25.9. The first-order valence-electron chi connectivity index (χ1n) is 14.4. The molecule has 11 nitrogen and oxygen atoms in total. The molecule has 230 valence electrons. The molecule has 1 aliphatic rings. The summed E-state index contributed by atoms with van der Waals surface area (Å²) in [5.74, 6) is 7.91. The summed E-state index contributed by atoms with van der Waals surface area (Å²) >= 11 is 0. The number of anilines is 1. The molecule has 0 amide bonds. The van der Waals surface area contributed by atoms with Crippen molar-refractivity contribution in [2.24, 2.45) is 17.8 Å². The average molecular weight is 596 g/mol. The van der Waals surface area contributed by atoms with Crippen LogP contribution in [0.2, 0.25) is 0 Å². The maximum atomic E-state index is 13.5. The van der Waals surface area contributed by atoms with E-state index in [4.69, 9.17) is 10.7 Å². The molecule has 0 bridgehead atoms. The van der Waals surface area contributed by atoms with Gasteiger partial charge >= 0.3 is 0 Å². The number of nitrogens with two attached hydrogens (primary N) is 2.